The minimum absolute atomic E-state index is 0.278. The van der Waals surface area contributed by atoms with Crippen molar-refractivity contribution in [3.8, 4) is 0 Å². The molecule has 2 aromatic rings. The van der Waals surface area contributed by atoms with Gasteiger partial charge in [0.25, 0.3) is 0 Å². The van der Waals surface area contributed by atoms with Crippen LogP contribution in [0, 0.1) is 13.8 Å². The maximum absolute atomic E-state index is 10.9. The average Bonchev–Trinajstić information content (AvgIpc) is 2.79. The third-order valence-corrected chi connectivity index (χ3v) is 3.64. The lowest BCUT2D eigenvalue weighted by Crippen LogP contribution is -1.99. The molecule has 6 nitrogen and oxygen atoms in total. The predicted octanol–water partition coefficient (Wildman–Crippen LogP) is 1.80. The monoisotopic (exact) mass is 266 g/mol. The van der Waals surface area contributed by atoms with Crippen LogP contribution in [0.5, 0.6) is 0 Å². The Morgan fingerprint density at radius 1 is 1.50 bits per heavy atom. The molecule has 0 amide bonds. The third-order valence-electron chi connectivity index (χ3n) is 2.54. The van der Waals surface area contributed by atoms with Crippen LogP contribution >= 0.6 is 11.3 Å². The van der Waals surface area contributed by atoms with E-state index in [1.54, 1.807) is 11.6 Å². The van der Waals surface area contributed by atoms with E-state index in [2.05, 4.69) is 15.4 Å². The Balaban J connectivity index is 2.09. The molecule has 0 unspecified atom stereocenters. The van der Waals surface area contributed by atoms with Gasteiger partial charge in [-0.05, 0) is 13.8 Å². The molecule has 0 radical (unpaired) electrons. The van der Waals surface area contributed by atoms with E-state index in [0.717, 1.165) is 22.6 Å². The van der Waals surface area contributed by atoms with Crippen molar-refractivity contribution in [3.63, 3.8) is 0 Å². The summed E-state index contributed by atoms with van der Waals surface area (Å²) in [6, 6.07) is 0. The second-order valence-electron chi connectivity index (χ2n) is 4.01. The van der Waals surface area contributed by atoms with Gasteiger partial charge >= 0.3 is 5.97 Å². The van der Waals surface area contributed by atoms with Crippen LogP contribution in [0.15, 0.2) is 6.20 Å². The molecule has 2 rings (SSSR count). The van der Waals surface area contributed by atoms with Crippen LogP contribution in [0.1, 0.15) is 26.6 Å². The number of thiazole rings is 1. The number of carboxylic acids is 1. The summed E-state index contributed by atoms with van der Waals surface area (Å²) >= 11 is 1.15. The number of aromatic carboxylic acids is 1. The van der Waals surface area contributed by atoms with Gasteiger partial charge in [-0.15, -0.1) is 0 Å². The zero-order valence-electron chi connectivity index (χ0n) is 10.4. The molecule has 0 saturated carbocycles. The fourth-order valence-electron chi connectivity index (χ4n) is 1.66. The van der Waals surface area contributed by atoms with Crippen LogP contribution < -0.4 is 5.32 Å². The van der Waals surface area contributed by atoms with Crippen LogP contribution in [0.4, 0.5) is 5.13 Å². The molecule has 7 heteroatoms. The molecular formula is C11H14N4O2S. The van der Waals surface area contributed by atoms with E-state index in [-0.39, 0.29) is 4.88 Å². The molecule has 2 heterocycles. The van der Waals surface area contributed by atoms with Crippen LogP contribution in [0.3, 0.4) is 0 Å². The van der Waals surface area contributed by atoms with Gasteiger partial charge in [0.15, 0.2) is 5.13 Å². The summed E-state index contributed by atoms with van der Waals surface area (Å²) in [6.45, 7) is 4.22. The molecule has 18 heavy (non-hydrogen) atoms. The Labute approximate surface area is 108 Å². The SMILES string of the molecule is Cc1nn(C)cc1CNc1nc(C)c(C(=O)O)s1. The highest BCUT2D eigenvalue weighted by molar-refractivity contribution is 7.17. The van der Waals surface area contributed by atoms with E-state index in [9.17, 15) is 4.79 Å². The molecule has 2 aromatic heterocycles. The number of rotatable bonds is 4. The van der Waals surface area contributed by atoms with E-state index >= 15 is 0 Å². The number of aromatic nitrogens is 3. The predicted molar refractivity (Wildman–Crippen MR) is 69.1 cm³/mol. The Kier molecular flexibility index (Phi) is 3.33. The summed E-state index contributed by atoms with van der Waals surface area (Å²) in [7, 11) is 1.87. The van der Waals surface area contributed by atoms with Gasteiger partial charge in [-0.2, -0.15) is 5.10 Å². The molecule has 0 atom stereocenters. The van der Waals surface area contributed by atoms with Crippen LogP contribution in [0.2, 0.25) is 0 Å². The average molecular weight is 266 g/mol. The Morgan fingerprint density at radius 3 is 2.72 bits per heavy atom. The van der Waals surface area contributed by atoms with Gasteiger partial charge in [0, 0.05) is 25.4 Å². The Bertz CT molecular complexity index is 588. The largest absolute Gasteiger partial charge is 0.477 e. The number of nitrogens with zero attached hydrogens (tertiary/aromatic N) is 3. The molecule has 96 valence electrons. The van der Waals surface area contributed by atoms with E-state index in [4.69, 9.17) is 5.11 Å². The van der Waals surface area contributed by atoms with Crippen LogP contribution in [-0.4, -0.2) is 25.8 Å². The second kappa shape index (κ2) is 4.77. The van der Waals surface area contributed by atoms with Crippen molar-refractivity contribution in [2.24, 2.45) is 7.05 Å². The third kappa shape index (κ3) is 2.51. The summed E-state index contributed by atoms with van der Waals surface area (Å²) in [5.41, 5.74) is 2.57. The Morgan fingerprint density at radius 2 is 2.22 bits per heavy atom. The molecule has 0 aromatic carbocycles. The molecule has 0 aliphatic heterocycles. The van der Waals surface area contributed by atoms with E-state index < -0.39 is 5.97 Å². The molecule has 0 fully saturated rings. The molecule has 0 bridgehead atoms. The topological polar surface area (TPSA) is 80.0 Å². The molecule has 0 aliphatic rings. The van der Waals surface area contributed by atoms with Crippen molar-refractivity contribution in [2.45, 2.75) is 20.4 Å². The van der Waals surface area contributed by atoms with Crippen molar-refractivity contribution < 1.29 is 9.90 Å². The first-order chi connectivity index (χ1) is 8.47. The summed E-state index contributed by atoms with van der Waals surface area (Å²) in [5, 5.41) is 16.9. The first kappa shape index (κ1) is 12.6. The quantitative estimate of drug-likeness (QED) is 0.882. The van der Waals surface area contributed by atoms with Crippen molar-refractivity contribution >= 4 is 22.4 Å². The summed E-state index contributed by atoms with van der Waals surface area (Å²) < 4.78 is 1.75. The van der Waals surface area contributed by atoms with Gasteiger partial charge < -0.3 is 10.4 Å². The van der Waals surface area contributed by atoms with Gasteiger partial charge in [0.2, 0.25) is 0 Å². The second-order valence-corrected chi connectivity index (χ2v) is 5.00. The summed E-state index contributed by atoms with van der Waals surface area (Å²) in [6.07, 6.45) is 1.93. The minimum atomic E-state index is -0.935. The molecule has 0 saturated heterocycles. The fourth-order valence-corrected chi connectivity index (χ4v) is 2.46. The molecular weight excluding hydrogens is 252 g/mol. The van der Waals surface area contributed by atoms with E-state index in [1.165, 1.54) is 0 Å². The van der Waals surface area contributed by atoms with Crippen molar-refractivity contribution in [3.05, 3.63) is 28.0 Å². The summed E-state index contributed by atoms with van der Waals surface area (Å²) in [4.78, 5) is 15.4. The lowest BCUT2D eigenvalue weighted by molar-refractivity contribution is 0.0701. The van der Waals surface area contributed by atoms with Crippen molar-refractivity contribution in [1.29, 1.82) is 0 Å². The summed E-state index contributed by atoms with van der Waals surface area (Å²) in [5.74, 6) is -0.935. The molecule has 0 aliphatic carbocycles. The number of hydrogen-bond acceptors (Lipinski definition) is 5. The molecule has 2 N–H and O–H groups in total. The maximum atomic E-state index is 10.9. The Hall–Kier alpha value is -1.89. The first-order valence-corrected chi connectivity index (χ1v) is 6.22. The number of carbonyl (C=O) groups is 1. The molecule has 0 spiro atoms. The normalized spacial score (nSPS) is 10.6. The van der Waals surface area contributed by atoms with Crippen LogP contribution in [-0.2, 0) is 13.6 Å². The van der Waals surface area contributed by atoms with Crippen molar-refractivity contribution in [1.82, 2.24) is 14.8 Å². The van der Waals surface area contributed by atoms with E-state index in [0.29, 0.717) is 17.4 Å². The first-order valence-electron chi connectivity index (χ1n) is 5.41. The van der Waals surface area contributed by atoms with E-state index in [1.807, 2.05) is 20.2 Å². The smallest absolute Gasteiger partial charge is 0.347 e. The number of anilines is 1. The number of carboxylic acid groups (broad SMARTS) is 1. The highest BCUT2D eigenvalue weighted by Gasteiger charge is 2.14. The van der Waals surface area contributed by atoms with Gasteiger partial charge in [-0.1, -0.05) is 11.3 Å². The number of aryl methyl sites for hydroxylation is 3. The van der Waals surface area contributed by atoms with Gasteiger partial charge in [0.05, 0.1) is 11.4 Å². The zero-order chi connectivity index (χ0) is 13.3. The highest BCUT2D eigenvalue weighted by Crippen LogP contribution is 2.23. The zero-order valence-corrected chi connectivity index (χ0v) is 11.2. The minimum Gasteiger partial charge on any atom is -0.477 e. The fraction of sp³-hybridized carbons (Fsp3) is 0.364. The van der Waals surface area contributed by atoms with Gasteiger partial charge in [-0.3, -0.25) is 4.68 Å². The van der Waals surface area contributed by atoms with Gasteiger partial charge in [0.1, 0.15) is 4.88 Å². The lowest BCUT2D eigenvalue weighted by Gasteiger charge is -2.00. The maximum Gasteiger partial charge on any atom is 0.347 e. The van der Waals surface area contributed by atoms with Crippen LogP contribution in [0.25, 0.3) is 0 Å². The highest BCUT2D eigenvalue weighted by atomic mass is 32.1. The number of nitrogens with one attached hydrogen (secondary N) is 1. The number of hydrogen-bond donors (Lipinski definition) is 2. The lowest BCUT2D eigenvalue weighted by atomic mass is 10.3. The standard InChI is InChI=1S/C11H14N4O2S/c1-6-8(5-15(3)14-6)4-12-11-13-7(2)9(18-11)10(16)17/h5H,4H2,1-3H3,(H,12,13)(H,16,17). The van der Waals surface area contributed by atoms with Gasteiger partial charge in [-0.25, -0.2) is 9.78 Å². The van der Waals surface area contributed by atoms with Crippen molar-refractivity contribution in [2.75, 3.05) is 5.32 Å².